The van der Waals surface area contributed by atoms with E-state index >= 15 is 0 Å². The summed E-state index contributed by atoms with van der Waals surface area (Å²) in [5.41, 5.74) is 8.83. The molecule has 1 atom stereocenters. The monoisotopic (exact) mass is 246 g/mol. The lowest BCUT2D eigenvalue weighted by molar-refractivity contribution is 0.462. The number of imidazole rings is 1. The maximum Gasteiger partial charge on any atom is 0.160 e. The molecule has 4 nitrogen and oxygen atoms in total. The van der Waals surface area contributed by atoms with Crippen molar-refractivity contribution in [3.8, 4) is 0 Å². The third-order valence-corrected chi connectivity index (χ3v) is 3.12. The minimum absolute atomic E-state index is 0.0158. The van der Waals surface area contributed by atoms with Crippen molar-refractivity contribution in [2.45, 2.75) is 46.1 Å². The van der Waals surface area contributed by atoms with Gasteiger partial charge in [-0.3, -0.25) is 0 Å². The van der Waals surface area contributed by atoms with Crippen LogP contribution in [0.15, 0.2) is 12.3 Å². The minimum Gasteiger partial charge on any atom is -0.328 e. The van der Waals surface area contributed by atoms with Gasteiger partial charge in [-0.05, 0) is 25.5 Å². The number of hydrogen-bond donors (Lipinski definition) is 1. The summed E-state index contributed by atoms with van der Waals surface area (Å²) in [5, 5.41) is 0. The second kappa shape index (κ2) is 4.35. The quantitative estimate of drug-likeness (QED) is 0.886. The summed E-state index contributed by atoms with van der Waals surface area (Å²) in [7, 11) is 0. The topological polar surface area (TPSA) is 56.7 Å². The molecule has 0 aromatic carbocycles. The third-order valence-electron chi connectivity index (χ3n) is 3.12. The van der Waals surface area contributed by atoms with E-state index in [1.54, 1.807) is 0 Å². The fraction of sp³-hybridized carbons (Fsp3) is 0.571. The first-order chi connectivity index (χ1) is 8.34. The Morgan fingerprint density at radius 3 is 2.61 bits per heavy atom. The fourth-order valence-corrected chi connectivity index (χ4v) is 2.13. The van der Waals surface area contributed by atoms with Crippen LogP contribution in [0.1, 0.15) is 45.1 Å². The van der Waals surface area contributed by atoms with E-state index in [2.05, 4.69) is 43.3 Å². The lowest BCUT2D eigenvalue weighted by atomic mass is 9.95. The summed E-state index contributed by atoms with van der Waals surface area (Å²) in [6.07, 6.45) is 1.89. The zero-order chi connectivity index (χ0) is 13.5. The van der Waals surface area contributed by atoms with Crippen LogP contribution in [0.25, 0.3) is 11.2 Å². The Balaban J connectivity index is 2.76. The van der Waals surface area contributed by atoms with Crippen LogP contribution in [0.4, 0.5) is 0 Å². The van der Waals surface area contributed by atoms with Gasteiger partial charge in [-0.1, -0.05) is 20.8 Å². The smallest absolute Gasteiger partial charge is 0.160 e. The normalized spacial score (nSPS) is 14.1. The second-order valence-electron chi connectivity index (χ2n) is 6.00. The van der Waals surface area contributed by atoms with Gasteiger partial charge in [0.2, 0.25) is 0 Å². The van der Waals surface area contributed by atoms with Crippen LogP contribution in [-0.4, -0.2) is 21.1 Å². The zero-order valence-corrected chi connectivity index (χ0v) is 11.9. The molecule has 2 rings (SSSR count). The zero-order valence-electron chi connectivity index (χ0n) is 11.9. The Bertz CT molecular complexity index is 563. The van der Waals surface area contributed by atoms with Gasteiger partial charge in [-0.25, -0.2) is 9.97 Å². The number of fused-ring (bicyclic) bond motifs is 1. The van der Waals surface area contributed by atoms with E-state index in [0.29, 0.717) is 6.54 Å². The van der Waals surface area contributed by atoms with Crippen molar-refractivity contribution < 1.29 is 0 Å². The predicted octanol–water partition coefficient (Wildman–Crippen LogP) is 2.56. The summed E-state index contributed by atoms with van der Waals surface area (Å²) in [6.45, 7) is 11.2. The highest BCUT2D eigenvalue weighted by molar-refractivity contribution is 5.72. The standard InChI is InChI=1S/C14H22N4/c1-9-6-11-12(16-8-9)18(10(2)7-15)13(17-11)14(3,4)5/h6,8,10H,7,15H2,1-5H3. The molecule has 0 spiro atoms. The highest BCUT2D eigenvalue weighted by Crippen LogP contribution is 2.28. The van der Waals surface area contributed by atoms with Gasteiger partial charge >= 0.3 is 0 Å². The molecule has 0 aliphatic carbocycles. The van der Waals surface area contributed by atoms with Crippen LogP contribution in [0, 0.1) is 6.92 Å². The van der Waals surface area contributed by atoms with Crippen LogP contribution < -0.4 is 5.73 Å². The van der Waals surface area contributed by atoms with Gasteiger partial charge in [0, 0.05) is 24.2 Å². The molecule has 98 valence electrons. The van der Waals surface area contributed by atoms with Crippen molar-refractivity contribution in [3.05, 3.63) is 23.7 Å². The summed E-state index contributed by atoms with van der Waals surface area (Å²) in [5.74, 6) is 1.05. The summed E-state index contributed by atoms with van der Waals surface area (Å²) >= 11 is 0. The van der Waals surface area contributed by atoms with E-state index in [4.69, 9.17) is 10.7 Å². The Morgan fingerprint density at radius 1 is 1.39 bits per heavy atom. The van der Waals surface area contributed by atoms with Crippen LogP contribution in [0.2, 0.25) is 0 Å². The molecule has 0 fully saturated rings. The average Bonchev–Trinajstić information content (AvgIpc) is 2.66. The molecule has 0 saturated heterocycles. The number of pyridine rings is 1. The Labute approximate surface area is 108 Å². The number of rotatable bonds is 2. The summed E-state index contributed by atoms with van der Waals surface area (Å²) < 4.78 is 2.18. The molecule has 18 heavy (non-hydrogen) atoms. The van der Waals surface area contributed by atoms with E-state index in [0.717, 1.165) is 22.6 Å². The van der Waals surface area contributed by atoms with Crippen molar-refractivity contribution >= 4 is 11.2 Å². The molecule has 2 aromatic heterocycles. The number of hydrogen-bond acceptors (Lipinski definition) is 3. The number of nitrogens with zero attached hydrogens (tertiary/aromatic N) is 3. The molecule has 2 N–H and O–H groups in total. The summed E-state index contributed by atoms with van der Waals surface area (Å²) in [4.78, 5) is 9.29. The molecule has 0 aliphatic rings. The Hall–Kier alpha value is -1.42. The highest BCUT2D eigenvalue weighted by atomic mass is 15.2. The Kier molecular flexibility index (Phi) is 3.15. The van der Waals surface area contributed by atoms with Crippen LogP contribution in [-0.2, 0) is 5.41 Å². The van der Waals surface area contributed by atoms with Gasteiger partial charge in [-0.15, -0.1) is 0 Å². The molecule has 1 unspecified atom stereocenters. The van der Waals surface area contributed by atoms with Crippen molar-refractivity contribution in [1.82, 2.24) is 14.5 Å². The van der Waals surface area contributed by atoms with Gasteiger partial charge in [0.25, 0.3) is 0 Å². The van der Waals surface area contributed by atoms with Gasteiger partial charge in [-0.2, -0.15) is 0 Å². The first-order valence-electron chi connectivity index (χ1n) is 6.39. The molecule has 2 aromatic rings. The number of aryl methyl sites for hydroxylation is 1. The predicted molar refractivity (Wildman–Crippen MR) is 74.7 cm³/mol. The molecule has 0 saturated carbocycles. The van der Waals surface area contributed by atoms with Crippen molar-refractivity contribution in [2.24, 2.45) is 5.73 Å². The van der Waals surface area contributed by atoms with Gasteiger partial charge in [0.05, 0.1) is 0 Å². The van der Waals surface area contributed by atoms with Crippen molar-refractivity contribution in [1.29, 1.82) is 0 Å². The van der Waals surface area contributed by atoms with Crippen LogP contribution in [0.5, 0.6) is 0 Å². The lowest BCUT2D eigenvalue weighted by Crippen LogP contribution is -2.25. The second-order valence-corrected chi connectivity index (χ2v) is 6.00. The largest absolute Gasteiger partial charge is 0.328 e. The molecule has 0 amide bonds. The van der Waals surface area contributed by atoms with Crippen molar-refractivity contribution in [2.75, 3.05) is 6.54 Å². The SMILES string of the molecule is Cc1cnc2c(c1)nc(C(C)(C)C)n2C(C)CN. The van der Waals surface area contributed by atoms with Gasteiger partial charge in [0.15, 0.2) is 5.65 Å². The minimum atomic E-state index is -0.0158. The van der Waals surface area contributed by atoms with E-state index < -0.39 is 0 Å². The van der Waals surface area contributed by atoms with Crippen molar-refractivity contribution in [3.63, 3.8) is 0 Å². The van der Waals surface area contributed by atoms with E-state index in [1.807, 2.05) is 13.1 Å². The van der Waals surface area contributed by atoms with E-state index in [1.165, 1.54) is 0 Å². The first kappa shape index (κ1) is 13.0. The molecular formula is C14H22N4. The van der Waals surface area contributed by atoms with Crippen LogP contribution >= 0.6 is 0 Å². The van der Waals surface area contributed by atoms with Gasteiger partial charge in [0.1, 0.15) is 11.3 Å². The van der Waals surface area contributed by atoms with E-state index in [-0.39, 0.29) is 11.5 Å². The fourth-order valence-electron chi connectivity index (χ4n) is 2.13. The van der Waals surface area contributed by atoms with Gasteiger partial charge < -0.3 is 10.3 Å². The highest BCUT2D eigenvalue weighted by Gasteiger charge is 2.25. The van der Waals surface area contributed by atoms with E-state index in [9.17, 15) is 0 Å². The first-order valence-corrected chi connectivity index (χ1v) is 6.39. The third kappa shape index (κ3) is 2.12. The molecule has 0 radical (unpaired) electrons. The average molecular weight is 246 g/mol. The number of nitrogens with two attached hydrogens (primary N) is 1. The molecular weight excluding hydrogens is 224 g/mol. The van der Waals surface area contributed by atoms with Crippen LogP contribution in [0.3, 0.4) is 0 Å². The molecule has 0 bridgehead atoms. The lowest BCUT2D eigenvalue weighted by Gasteiger charge is -2.23. The number of aromatic nitrogens is 3. The summed E-state index contributed by atoms with van der Waals surface area (Å²) in [6, 6.07) is 2.29. The Morgan fingerprint density at radius 2 is 2.06 bits per heavy atom. The maximum absolute atomic E-state index is 5.82. The molecule has 2 heterocycles. The maximum atomic E-state index is 5.82. The molecule has 4 heteroatoms. The molecule has 0 aliphatic heterocycles.